The first-order valence-electron chi connectivity index (χ1n) is 5.70. The predicted molar refractivity (Wildman–Crippen MR) is 73.0 cm³/mol. The van der Waals surface area contributed by atoms with Gasteiger partial charge in [-0.25, -0.2) is 4.39 Å². The van der Waals surface area contributed by atoms with E-state index in [1.54, 1.807) is 6.92 Å². The Balaban J connectivity index is 2.80. The Hall–Kier alpha value is -1.50. The molecule has 0 saturated carbocycles. The predicted octanol–water partition coefficient (Wildman–Crippen LogP) is 3.03. The number of rotatable bonds is 5. The maximum Gasteiger partial charge on any atom is 0.272 e. The number of benzene rings is 1. The highest BCUT2D eigenvalue weighted by molar-refractivity contribution is 9.09. The summed E-state index contributed by atoms with van der Waals surface area (Å²) in [7, 11) is 0. The van der Waals surface area contributed by atoms with Crippen LogP contribution in [-0.4, -0.2) is 21.7 Å². The highest BCUT2D eigenvalue weighted by atomic mass is 79.9. The van der Waals surface area contributed by atoms with Gasteiger partial charge in [-0.3, -0.25) is 14.9 Å². The molecular formula is C12H14BrFN2O3. The molecule has 1 rings (SSSR count). The first-order valence-corrected chi connectivity index (χ1v) is 6.61. The van der Waals surface area contributed by atoms with Crippen LogP contribution in [0.25, 0.3) is 0 Å². The molecule has 0 saturated heterocycles. The number of hydrogen-bond donors (Lipinski definition) is 1. The maximum atomic E-state index is 13.6. The molecule has 0 aliphatic carbocycles. The second-order valence-corrected chi connectivity index (χ2v) is 5.88. The Morgan fingerprint density at radius 2 is 2.16 bits per heavy atom. The first kappa shape index (κ1) is 15.6. The fourth-order valence-corrected chi connectivity index (χ4v) is 2.21. The summed E-state index contributed by atoms with van der Waals surface area (Å²) < 4.78 is 13.6. The number of hydrogen-bond acceptors (Lipinski definition) is 3. The van der Waals surface area contributed by atoms with Gasteiger partial charge in [0.15, 0.2) is 0 Å². The number of non-ortho nitro benzene ring substituents is 1. The molecule has 104 valence electrons. The molecule has 19 heavy (non-hydrogen) atoms. The van der Waals surface area contributed by atoms with Crippen LogP contribution in [0.3, 0.4) is 0 Å². The normalized spacial score (nSPS) is 13.7. The monoisotopic (exact) mass is 332 g/mol. The van der Waals surface area contributed by atoms with Gasteiger partial charge in [0.05, 0.1) is 16.6 Å². The average molecular weight is 333 g/mol. The van der Waals surface area contributed by atoms with Crippen molar-refractivity contribution in [1.29, 1.82) is 0 Å². The third-order valence-corrected chi connectivity index (χ3v) is 2.84. The lowest BCUT2D eigenvalue weighted by Gasteiger charge is -2.15. The summed E-state index contributed by atoms with van der Waals surface area (Å²) in [6, 6.07) is 2.84. The zero-order valence-electron chi connectivity index (χ0n) is 10.5. The molecule has 1 aromatic rings. The van der Waals surface area contributed by atoms with Crippen LogP contribution in [0.1, 0.15) is 30.6 Å². The topological polar surface area (TPSA) is 72.2 Å². The van der Waals surface area contributed by atoms with Crippen molar-refractivity contribution in [3.8, 4) is 0 Å². The van der Waals surface area contributed by atoms with E-state index in [-0.39, 0.29) is 22.1 Å². The molecule has 0 spiro atoms. The van der Waals surface area contributed by atoms with E-state index in [1.165, 1.54) is 0 Å². The van der Waals surface area contributed by atoms with Crippen molar-refractivity contribution >= 4 is 27.5 Å². The van der Waals surface area contributed by atoms with Gasteiger partial charge < -0.3 is 5.32 Å². The van der Waals surface area contributed by atoms with Crippen molar-refractivity contribution in [3.05, 3.63) is 39.7 Å². The molecule has 0 radical (unpaired) electrons. The molecule has 7 heteroatoms. The third-order valence-electron chi connectivity index (χ3n) is 2.46. The van der Waals surface area contributed by atoms with Crippen molar-refractivity contribution in [2.75, 3.05) is 0 Å². The van der Waals surface area contributed by atoms with Gasteiger partial charge in [-0.2, -0.15) is 0 Å². The van der Waals surface area contributed by atoms with Crippen LogP contribution in [0.4, 0.5) is 10.1 Å². The van der Waals surface area contributed by atoms with E-state index in [9.17, 15) is 19.3 Å². The molecule has 1 aromatic carbocycles. The minimum atomic E-state index is -0.897. The second-order valence-electron chi connectivity index (χ2n) is 4.31. The number of nitro groups is 1. The minimum Gasteiger partial charge on any atom is -0.349 e. The van der Waals surface area contributed by atoms with Crippen LogP contribution in [-0.2, 0) is 0 Å². The van der Waals surface area contributed by atoms with Gasteiger partial charge in [-0.05, 0) is 19.4 Å². The summed E-state index contributed by atoms with van der Waals surface area (Å²) in [6.07, 6.45) is 0.695. The number of carbonyl (C=O) groups is 1. The van der Waals surface area contributed by atoms with Gasteiger partial charge in [0.25, 0.3) is 11.6 Å². The number of amides is 1. The van der Waals surface area contributed by atoms with Crippen molar-refractivity contribution < 1.29 is 14.1 Å². The number of carbonyl (C=O) groups excluding carboxylic acids is 1. The summed E-state index contributed by atoms with van der Waals surface area (Å²) in [5.74, 6) is -1.47. The van der Waals surface area contributed by atoms with Crippen molar-refractivity contribution in [2.45, 2.75) is 31.1 Å². The van der Waals surface area contributed by atoms with Crippen LogP contribution < -0.4 is 5.32 Å². The Morgan fingerprint density at radius 1 is 1.53 bits per heavy atom. The third kappa shape index (κ3) is 4.59. The van der Waals surface area contributed by atoms with E-state index >= 15 is 0 Å². The molecule has 0 fully saturated rings. The minimum absolute atomic E-state index is 0.128. The van der Waals surface area contributed by atoms with E-state index in [0.717, 1.165) is 18.2 Å². The van der Waals surface area contributed by atoms with Crippen LogP contribution in [0, 0.1) is 15.9 Å². The lowest BCUT2D eigenvalue weighted by atomic mass is 10.1. The van der Waals surface area contributed by atoms with Crippen molar-refractivity contribution in [3.63, 3.8) is 0 Å². The standard InChI is InChI=1S/C12H14BrFN2O3/c1-7(13)5-8(2)15-12(17)10-4-3-9(16(18)19)6-11(10)14/h3-4,6-8H,5H2,1-2H3,(H,15,17). The van der Waals surface area contributed by atoms with Crippen LogP contribution >= 0.6 is 15.9 Å². The average Bonchev–Trinajstić information content (AvgIpc) is 2.26. The number of alkyl halides is 1. The Kier molecular flexibility index (Phi) is 5.41. The fourth-order valence-electron chi connectivity index (χ4n) is 1.65. The van der Waals surface area contributed by atoms with E-state index in [2.05, 4.69) is 21.2 Å². The van der Waals surface area contributed by atoms with E-state index in [4.69, 9.17) is 0 Å². The van der Waals surface area contributed by atoms with Crippen molar-refractivity contribution in [1.82, 2.24) is 5.32 Å². The zero-order chi connectivity index (χ0) is 14.6. The van der Waals surface area contributed by atoms with Gasteiger partial charge in [0, 0.05) is 16.9 Å². The SMILES string of the molecule is CC(Br)CC(C)NC(=O)c1ccc([N+](=O)[O-])cc1F. The van der Waals surface area contributed by atoms with Gasteiger partial charge in [-0.15, -0.1) is 0 Å². The van der Waals surface area contributed by atoms with Crippen molar-refractivity contribution in [2.24, 2.45) is 0 Å². The molecule has 1 N–H and O–H groups in total. The fraction of sp³-hybridized carbons (Fsp3) is 0.417. The van der Waals surface area contributed by atoms with E-state index in [0.29, 0.717) is 6.42 Å². The molecule has 2 atom stereocenters. The van der Waals surface area contributed by atoms with Gasteiger partial charge in [0.2, 0.25) is 0 Å². The lowest BCUT2D eigenvalue weighted by Crippen LogP contribution is -2.34. The lowest BCUT2D eigenvalue weighted by molar-refractivity contribution is -0.385. The largest absolute Gasteiger partial charge is 0.349 e. The summed E-state index contributed by atoms with van der Waals surface area (Å²) in [6.45, 7) is 3.74. The van der Waals surface area contributed by atoms with Gasteiger partial charge >= 0.3 is 0 Å². The van der Waals surface area contributed by atoms with E-state index < -0.39 is 16.6 Å². The number of halogens is 2. The number of nitrogens with zero attached hydrogens (tertiary/aromatic N) is 1. The molecule has 2 unspecified atom stereocenters. The van der Waals surface area contributed by atoms with Gasteiger partial charge in [0.1, 0.15) is 5.82 Å². The smallest absolute Gasteiger partial charge is 0.272 e. The molecule has 0 aromatic heterocycles. The molecular weight excluding hydrogens is 319 g/mol. The molecule has 1 amide bonds. The zero-order valence-corrected chi connectivity index (χ0v) is 12.1. The number of nitro benzene ring substituents is 1. The molecule has 5 nitrogen and oxygen atoms in total. The Morgan fingerprint density at radius 3 is 2.63 bits per heavy atom. The number of nitrogens with one attached hydrogen (secondary N) is 1. The second kappa shape index (κ2) is 6.60. The van der Waals surface area contributed by atoms with Crippen LogP contribution in [0.5, 0.6) is 0 Å². The highest BCUT2D eigenvalue weighted by Gasteiger charge is 2.18. The maximum absolute atomic E-state index is 13.6. The molecule has 0 heterocycles. The Bertz CT molecular complexity index is 494. The molecule has 0 bridgehead atoms. The summed E-state index contributed by atoms with van der Waals surface area (Å²) in [4.78, 5) is 21.8. The summed E-state index contributed by atoms with van der Waals surface area (Å²) in [5.41, 5.74) is -0.573. The molecule has 0 aliphatic heterocycles. The molecule has 0 aliphatic rings. The summed E-state index contributed by atoms with van der Waals surface area (Å²) in [5, 5.41) is 13.1. The highest BCUT2D eigenvalue weighted by Crippen LogP contribution is 2.17. The van der Waals surface area contributed by atoms with E-state index in [1.807, 2.05) is 6.92 Å². The Labute approximate surface area is 118 Å². The summed E-state index contributed by atoms with van der Waals surface area (Å²) >= 11 is 3.36. The van der Waals surface area contributed by atoms with Crippen LogP contribution in [0.2, 0.25) is 0 Å². The quantitative estimate of drug-likeness (QED) is 0.511. The van der Waals surface area contributed by atoms with Crippen LogP contribution in [0.15, 0.2) is 18.2 Å². The van der Waals surface area contributed by atoms with Gasteiger partial charge in [-0.1, -0.05) is 22.9 Å². The first-order chi connectivity index (χ1) is 8.81.